The number of aromatic nitrogens is 1. The van der Waals surface area contributed by atoms with Crippen molar-refractivity contribution in [3.05, 3.63) is 18.0 Å². The molecule has 0 aromatic carbocycles. The van der Waals surface area contributed by atoms with Gasteiger partial charge in [-0.15, -0.1) is 0 Å². The van der Waals surface area contributed by atoms with E-state index in [1.54, 1.807) is 16.6 Å². The van der Waals surface area contributed by atoms with E-state index in [1.165, 1.54) is 6.42 Å². The third-order valence-electron chi connectivity index (χ3n) is 4.46. The first kappa shape index (κ1) is 15.1. The van der Waals surface area contributed by atoms with Gasteiger partial charge in [0.05, 0.1) is 6.61 Å². The minimum atomic E-state index is -3.42. The summed E-state index contributed by atoms with van der Waals surface area (Å²) in [5, 5.41) is 9.44. The Morgan fingerprint density at radius 3 is 2.29 bits per heavy atom. The number of rotatable bonds is 4. The zero-order valence-corrected chi connectivity index (χ0v) is 13.2. The van der Waals surface area contributed by atoms with E-state index in [0.717, 1.165) is 38.5 Å². The summed E-state index contributed by atoms with van der Waals surface area (Å²) in [6, 6.07) is 2.02. The summed E-state index contributed by atoms with van der Waals surface area (Å²) in [6.07, 6.45) is 9.17. The van der Waals surface area contributed by atoms with Crippen LogP contribution in [-0.4, -0.2) is 35.5 Å². The molecule has 2 heterocycles. The van der Waals surface area contributed by atoms with Crippen LogP contribution in [0.15, 0.2) is 17.2 Å². The molecule has 1 aliphatic carbocycles. The van der Waals surface area contributed by atoms with Gasteiger partial charge in [0.25, 0.3) is 0 Å². The van der Waals surface area contributed by atoms with Crippen molar-refractivity contribution in [2.24, 2.45) is 0 Å². The van der Waals surface area contributed by atoms with Crippen LogP contribution in [0, 0.1) is 0 Å². The van der Waals surface area contributed by atoms with Gasteiger partial charge in [-0.1, -0.05) is 19.3 Å². The summed E-state index contributed by atoms with van der Waals surface area (Å²) in [6.45, 7) is 1.13. The van der Waals surface area contributed by atoms with Crippen molar-refractivity contribution in [3.8, 4) is 0 Å². The normalized spacial score (nSPS) is 22.0. The van der Waals surface area contributed by atoms with E-state index in [0.29, 0.717) is 29.7 Å². The van der Waals surface area contributed by atoms with Crippen molar-refractivity contribution in [1.29, 1.82) is 0 Å². The molecule has 3 rings (SSSR count). The molecule has 0 bridgehead atoms. The lowest BCUT2D eigenvalue weighted by Gasteiger charge is -2.23. The molecule has 118 valence electrons. The van der Waals surface area contributed by atoms with Crippen LogP contribution in [-0.2, 0) is 16.6 Å². The number of sulfonamides is 1. The largest absolute Gasteiger partial charge is 0.390 e. The molecular formula is C15H24N2O3S. The Hall–Kier alpha value is -0.850. The van der Waals surface area contributed by atoms with Gasteiger partial charge in [0.15, 0.2) is 0 Å². The Balaban J connectivity index is 1.86. The Labute approximate surface area is 126 Å². The summed E-state index contributed by atoms with van der Waals surface area (Å²) >= 11 is 0. The quantitative estimate of drug-likeness (QED) is 0.927. The minimum absolute atomic E-state index is 0.105. The molecule has 2 aliphatic rings. The van der Waals surface area contributed by atoms with Crippen LogP contribution in [0.25, 0.3) is 0 Å². The standard InChI is InChI=1S/C15H24N2O3S/c18-12-14-10-15(11-17(14)13-6-7-13)21(19,20)16-8-4-2-1-3-5-9-16/h10-11,13,18H,1-9,12H2. The zero-order valence-electron chi connectivity index (χ0n) is 12.4. The van der Waals surface area contributed by atoms with Gasteiger partial charge < -0.3 is 9.67 Å². The van der Waals surface area contributed by atoms with E-state index in [-0.39, 0.29) is 6.61 Å². The maximum atomic E-state index is 12.8. The fourth-order valence-electron chi connectivity index (χ4n) is 3.06. The molecule has 1 N–H and O–H groups in total. The molecule has 1 saturated heterocycles. The van der Waals surface area contributed by atoms with Gasteiger partial charge in [-0.3, -0.25) is 0 Å². The highest BCUT2D eigenvalue weighted by atomic mass is 32.2. The van der Waals surface area contributed by atoms with E-state index < -0.39 is 10.0 Å². The number of aliphatic hydroxyl groups is 1. The molecule has 2 fully saturated rings. The molecule has 0 atom stereocenters. The van der Waals surface area contributed by atoms with Crippen molar-refractivity contribution in [2.75, 3.05) is 13.1 Å². The Kier molecular flexibility index (Phi) is 4.38. The first-order valence-corrected chi connectivity index (χ1v) is 9.38. The van der Waals surface area contributed by atoms with E-state index >= 15 is 0 Å². The molecule has 6 heteroatoms. The summed E-state index contributed by atoms with van der Waals surface area (Å²) in [7, 11) is -3.42. The van der Waals surface area contributed by atoms with Gasteiger partial charge in [-0.25, -0.2) is 8.42 Å². The van der Waals surface area contributed by atoms with E-state index in [9.17, 15) is 13.5 Å². The highest BCUT2D eigenvalue weighted by molar-refractivity contribution is 7.89. The SMILES string of the molecule is O=S(=O)(c1cc(CO)n(C2CC2)c1)N1CCCCCCC1. The molecule has 0 radical (unpaired) electrons. The minimum Gasteiger partial charge on any atom is -0.390 e. The van der Waals surface area contributed by atoms with Crippen LogP contribution in [0.2, 0.25) is 0 Å². The Bertz CT molecular complexity index is 582. The Morgan fingerprint density at radius 1 is 1.10 bits per heavy atom. The zero-order chi connectivity index (χ0) is 14.9. The molecule has 5 nitrogen and oxygen atoms in total. The lowest BCUT2D eigenvalue weighted by Crippen LogP contribution is -2.33. The monoisotopic (exact) mass is 312 g/mol. The molecular weight excluding hydrogens is 288 g/mol. The summed E-state index contributed by atoms with van der Waals surface area (Å²) in [4.78, 5) is 0.346. The van der Waals surface area contributed by atoms with E-state index in [4.69, 9.17) is 0 Å². The van der Waals surface area contributed by atoms with Crippen LogP contribution in [0.1, 0.15) is 56.7 Å². The molecule has 1 aromatic heterocycles. The molecule has 21 heavy (non-hydrogen) atoms. The number of hydrogen-bond donors (Lipinski definition) is 1. The molecule has 1 saturated carbocycles. The fourth-order valence-corrected chi connectivity index (χ4v) is 4.63. The topological polar surface area (TPSA) is 62.5 Å². The third kappa shape index (κ3) is 3.17. The predicted octanol–water partition coefficient (Wildman–Crippen LogP) is 2.27. The highest BCUT2D eigenvalue weighted by Crippen LogP contribution is 2.37. The maximum absolute atomic E-state index is 12.8. The van der Waals surface area contributed by atoms with Gasteiger partial charge in [-0.2, -0.15) is 4.31 Å². The van der Waals surface area contributed by atoms with E-state index in [2.05, 4.69) is 0 Å². The van der Waals surface area contributed by atoms with Crippen LogP contribution in [0.3, 0.4) is 0 Å². The average Bonchev–Trinajstić information content (AvgIpc) is 3.16. The predicted molar refractivity (Wildman–Crippen MR) is 80.5 cm³/mol. The van der Waals surface area contributed by atoms with Crippen molar-refractivity contribution < 1.29 is 13.5 Å². The van der Waals surface area contributed by atoms with Gasteiger partial charge in [0.1, 0.15) is 4.90 Å². The first-order chi connectivity index (χ1) is 10.1. The van der Waals surface area contributed by atoms with Gasteiger partial charge >= 0.3 is 0 Å². The van der Waals surface area contributed by atoms with Crippen LogP contribution >= 0.6 is 0 Å². The number of nitrogens with zero attached hydrogens (tertiary/aromatic N) is 2. The summed E-state index contributed by atoms with van der Waals surface area (Å²) in [5.41, 5.74) is 0.711. The summed E-state index contributed by atoms with van der Waals surface area (Å²) in [5.74, 6) is 0. The average molecular weight is 312 g/mol. The first-order valence-electron chi connectivity index (χ1n) is 7.94. The van der Waals surface area contributed by atoms with Gasteiger partial charge in [-0.05, 0) is 31.7 Å². The maximum Gasteiger partial charge on any atom is 0.244 e. The summed E-state index contributed by atoms with van der Waals surface area (Å²) < 4.78 is 29.2. The molecule has 0 unspecified atom stereocenters. The Morgan fingerprint density at radius 2 is 1.71 bits per heavy atom. The molecule has 0 spiro atoms. The second-order valence-electron chi connectivity index (χ2n) is 6.14. The van der Waals surface area contributed by atoms with Crippen LogP contribution < -0.4 is 0 Å². The van der Waals surface area contributed by atoms with Crippen molar-refractivity contribution in [3.63, 3.8) is 0 Å². The van der Waals surface area contributed by atoms with Gasteiger partial charge in [0.2, 0.25) is 10.0 Å². The van der Waals surface area contributed by atoms with Crippen LogP contribution in [0.5, 0.6) is 0 Å². The second kappa shape index (κ2) is 6.10. The number of hydrogen-bond acceptors (Lipinski definition) is 3. The van der Waals surface area contributed by atoms with Crippen molar-refractivity contribution >= 4 is 10.0 Å². The molecule has 1 aliphatic heterocycles. The highest BCUT2D eigenvalue weighted by Gasteiger charge is 2.30. The third-order valence-corrected chi connectivity index (χ3v) is 6.33. The molecule has 0 amide bonds. The lowest BCUT2D eigenvalue weighted by molar-refractivity contribution is 0.270. The number of aliphatic hydroxyl groups excluding tert-OH is 1. The van der Waals surface area contributed by atoms with Crippen molar-refractivity contribution in [2.45, 2.75) is 62.5 Å². The smallest absolute Gasteiger partial charge is 0.244 e. The second-order valence-corrected chi connectivity index (χ2v) is 8.07. The van der Waals surface area contributed by atoms with Crippen LogP contribution in [0.4, 0.5) is 0 Å². The van der Waals surface area contributed by atoms with Gasteiger partial charge in [0, 0.05) is 31.0 Å². The lowest BCUT2D eigenvalue weighted by atomic mass is 10.1. The molecule has 1 aromatic rings. The van der Waals surface area contributed by atoms with E-state index in [1.807, 2.05) is 4.57 Å². The van der Waals surface area contributed by atoms with Crippen molar-refractivity contribution in [1.82, 2.24) is 8.87 Å². The fraction of sp³-hybridized carbons (Fsp3) is 0.733.